The molecule has 4 nitrogen and oxygen atoms in total. The number of anilines is 1. The van der Waals surface area contributed by atoms with E-state index in [-0.39, 0.29) is 15.4 Å². The van der Waals surface area contributed by atoms with Gasteiger partial charge < -0.3 is 5.73 Å². The molecule has 0 aliphatic rings. The van der Waals surface area contributed by atoms with Gasteiger partial charge in [-0.15, -0.1) is 0 Å². The molecule has 0 aliphatic carbocycles. The molecule has 0 unspecified atom stereocenters. The standard InChI is InChI=1S/C11H14F4N2O2S/c1-6-4-8(12)9(16)7(2)10(6)20(18,19)17(3)5-11(13,14)15/h4H,5,16H2,1-3H3. The highest BCUT2D eigenvalue weighted by Crippen LogP contribution is 2.30. The number of nitrogens with zero attached hydrogens (tertiary/aromatic N) is 1. The van der Waals surface area contributed by atoms with Gasteiger partial charge >= 0.3 is 6.18 Å². The Hall–Kier alpha value is -1.35. The summed E-state index contributed by atoms with van der Waals surface area (Å²) >= 11 is 0. The van der Waals surface area contributed by atoms with Crippen LogP contribution in [-0.4, -0.2) is 32.5 Å². The molecule has 0 aliphatic heterocycles. The van der Waals surface area contributed by atoms with Crippen molar-refractivity contribution in [3.8, 4) is 0 Å². The van der Waals surface area contributed by atoms with E-state index in [1.54, 1.807) is 0 Å². The fraction of sp³-hybridized carbons (Fsp3) is 0.455. The molecule has 0 atom stereocenters. The van der Waals surface area contributed by atoms with Gasteiger partial charge in [0.05, 0.1) is 10.6 Å². The lowest BCUT2D eigenvalue weighted by Crippen LogP contribution is -2.36. The Kier molecular flexibility index (Phi) is 4.35. The van der Waals surface area contributed by atoms with Gasteiger partial charge in [0.25, 0.3) is 0 Å². The minimum Gasteiger partial charge on any atom is -0.396 e. The van der Waals surface area contributed by atoms with Crippen LogP contribution < -0.4 is 5.73 Å². The summed E-state index contributed by atoms with van der Waals surface area (Å²) in [7, 11) is -3.60. The van der Waals surface area contributed by atoms with Crippen LogP contribution >= 0.6 is 0 Å². The summed E-state index contributed by atoms with van der Waals surface area (Å²) < 4.78 is 74.8. The zero-order valence-electron chi connectivity index (χ0n) is 11.0. The number of sulfonamides is 1. The molecule has 0 saturated heterocycles. The molecule has 0 saturated carbocycles. The Balaban J connectivity index is 3.41. The van der Waals surface area contributed by atoms with Crippen LogP contribution in [0.5, 0.6) is 0 Å². The number of nitrogens with two attached hydrogens (primary N) is 1. The highest BCUT2D eigenvalue weighted by atomic mass is 32.2. The van der Waals surface area contributed by atoms with Gasteiger partial charge in [-0.2, -0.15) is 17.5 Å². The van der Waals surface area contributed by atoms with Crippen molar-refractivity contribution in [1.29, 1.82) is 0 Å². The molecule has 0 radical (unpaired) electrons. The van der Waals surface area contributed by atoms with Crippen molar-refractivity contribution in [1.82, 2.24) is 4.31 Å². The molecule has 0 bridgehead atoms. The zero-order valence-corrected chi connectivity index (χ0v) is 11.9. The lowest BCUT2D eigenvalue weighted by Gasteiger charge is -2.22. The van der Waals surface area contributed by atoms with Gasteiger partial charge in [-0.3, -0.25) is 0 Å². The smallest absolute Gasteiger partial charge is 0.396 e. The number of rotatable bonds is 3. The molecule has 0 amide bonds. The van der Waals surface area contributed by atoms with Crippen molar-refractivity contribution >= 4 is 15.7 Å². The Morgan fingerprint density at radius 1 is 1.30 bits per heavy atom. The first-order valence-electron chi connectivity index (χ1n) is 5.46. The predicted molar refractivity (Wildman–Crippen MR) is 66.2 cm³/mol. The average Bonchev–Trinajstić information content (AvgIpc) is 2.23. The third-order valence-corrected chi connectivity index (χ3v) is 4.87. The molecule has 114 valence electrons. The summed E-state index contributed by atoms with van der Waals surface area (Å²) in [6.45, 7) is 0.912. The van der Waals surface area contributed by atoms with Crippen LogP contribution in [0.2, 0.25) is 0 Å². The van der Waals surface area contributed by atoms with Gasteiger partial charge in [0, 0.05) is 7.05 Å². The van der Waals surface area contributed by atoms with E-state index in [0.717, 1.165) is 13.1 Å². The molecule has 1 rings (SSSR count). The average molecular weight is 314 g/mol. The molecule has 2 N–H and O–H groups in total. The summed E-state index contributed by atoms with van der Waals surface area (Å²) in [5, 5.41) is 0. The fourth-order valence-corrected chi connectivity index (χ4v) is 3.41. The molecular formula is C11H14F4N2O2S. The quantitative estimate of drug-likeness (QED) is 0.687. The second-order valence-corrected chi connectivity index (χ2v) is 6.40. The van der Waals surface area contributed by atoms with Crippen molar-refractivity contribution in [2.75, 3.05) is 19.3 Å². The number of nitrogen functional groups attached to an aromatic ring is 1. The van der Waals surface area contributed by atoms with Crippen molar-refractivity contribution < 1.29 is 26.0 Å². The Bertz CT molecular complexity index is 626. The Morgan fingerprint density at radius 3 is 2.25 bits per heavy atom. The monoisotopic (exact) mass is 314 g/mol. The van der Waals surface area contributed by atoms with Gasteiger partial charge in [0.1, 0.15) is 12.4 Å². The largest absolute Gasteiger partial charge is 0.402 e. The second kappa shape index (κ2) is 5.21. The number of benzene rings is 1. The van der Waals surface area contributed by atoms with E-state index in [1.165, 1.54) is 13.8 Å². The number of hydrogen-bond donors (Lipinski definition) is 1. The first-order valence-corrected chi connectivity index (χ1v) is 6.90. The summed E-state index contributed by atoms with van der Waals surface area (Å²) in [5.41, 5.74) is 4.90. The van der Waals surface area contributed by atoms with Crippen LogP contribution in [0.25, 0.3) is 0 Å². The number of hydrogen-bond acceptors (Lipinski definition) is 3. The third kappa shape index (κ3) is 3.21. The molecule has 9 heteroatoms. The predicted octanol–water partition coefficient (Wildman–Crippen LogP) is 2.21. The topological polar surface area (TPSA) is 63.4 Å². The lowest BCUT2D eigenvalue weighted by molar-refractivity contribution is -0.134. The summed E-state index contributed by atoms with van der Waals surface area (Å²) in [5.74, 6) is -0.808. The van der Waals surface area contributed by atoms with Crippen LogP contribution in [0.1, 0.15) is 11.1 Å². The van der Waals surface area contributed by atoms with Gasteiger partial charge in [0.2, 0.25) is 10.0 Å². The summed E-state index contributed by atoms with van der Waals surface area (Å²) in [6.07, 6.45) is -4.67. The molecule has 1 aromatic carbocycles. The maximum absolute atomic E-state index is 13.4. The van der Waals surface area contributed by atoms with Crippen LogP contribution in [0, 0.1) is 19.7 Å². The second-order valence-electron chi connectivity index (χ2n) is 4.42. The highest BCUT2D eigenvalue weighted by Gasteiger charge is 2.36. The van der Waals surface area contributed by atoms with Gasteiger partial charge in [-0.25, -0.2) is 12.8 Å². The molecule has 0 spiro atoms. The van der Waals surface area contributed by atoms with Crippen molar-refractivity contribution in [3.63, 3.8) is 0 Å². The SMILES string of the molecule is Cc1cc(F)c(N)c(C)c1S(=O)(=O)N(C)CC(F)(F)F. The van der Waals surface area contributed by atoms with E-state index >= 15 is 0 Å². The fourth-order valence-electron chi connectivity index (χ4n) is 1.82. The van der Waals surface area contributed by atoms with Crippen LogP contribution in [0.4, 0.5) is 23.2 Å². The number of aryl methyl sites for hydroxylation is 1. The van der Waals surface area contributed by atoms with E-state index in [4.69, 9.17) is 5.73 Å². The molecular weight excluding hydrogens is 300 g/mol. The molecule has 0 aromatic heterocycles. The Morgan fingerprint density at radius 2 is 1.80 bits per heavy atom. The molecule has 0 heterocycles. The van der Waals surface area contributed by atoms with E-state index < -0.39 is 39.1 Å². The van der Waals surface area contributed by atoms with E-state index in [1.807, 2.05) is 0 Å². The number of halogens is 4. The maximum atomic E-state index is 13.4. The van der Waals surface area contributed by atoms with Crippen LogP contribution in [0.15, 0.2) is 11.0 Å². The number of alkyl halides is 3. The molecule has 0 fully saturated rings. The summed E-state index contributed by atoms with van der Waals surface area (Å²) in [6, 6.07) is 0.886. The van der Waals surface area contributed by atoms with Gasteiger partial charge in [-0.1, -0.05) is 0 Å². The van der Waals surface area contributed by atoms with Crippen LogP contribution in [-0.2, 0) is 10.0 Å². The minimum absolute atomic E-state index is 0.00299. The third-order valence-electron chi connectivity index (χ3n) is 2.77. The highest BCUT2D eigenvalue weighted by molar-refractivity contribution is 7.89. The van der Waals surface area contributed by atoms with Gasteiger partial charge in [0.15, 0.2) is 0 Å². The van der Waals surface area contributed by atoms with E-state index in [2.05, 4.69) is 0 Å². The van der Waals surface area contributed by atoms with Crippen molar-refractivity contribution in [2.45, 2.75) is 24.9 Å². The first-order chi connectivity index (χ1) is 8.88. The Labute approximate surface area is 114 Å². The first kappa shape index (κ1) is 16.7. The maximum Gasteiger partial charge on any atom is 0.402 e. The zero-order chi connectivity index (χ0) is 15.9. The van der Waals surface area contributed by atoms with Crippen LogP contribution in [0.3, 0.4) is 0 Å². The summed E-state index contributed by atoms with van der Waals surface area (Å²) in [4.78, 5) is -0.400. The molecule has 1 aromatic rings. The van der Waals surface area contributed by atoms with Gasteiger partial charge in [-0.05, 0) is 31.0 Å². The normalized spacial score (nSPS) is 13.0. The van der Waals surface area contributed by atoms with Crippen molar-refractivity contribution in [3.05, 3.63) is 23.0 Å². The van der Waals surface area contributed by atoms with Crippen molar-refractivity contribution in [2.24, 2.45) is 0 Å². The lowest BCUT2D eigenvalue weighted by atomic mass is 10.1. The minimum atomic E-state index is -4.67. The van der Waals surface area contributed by atoms with E-state index in [0.29, 0.717) is 0 Å². The molecule has 20 heavy (non-hydrogen) atoms. The van der Waals surface area contributed by atoms with E-state index in [9.17, 15) is 26.0 Å².